The van der Waals surface area contributed by atoms with Crippen molar-refractivity contribution in [2.45, 2.75) is 4.90 Å². The smallest absolute Gasteiger partial charge is 0.265 e. The Bertz CT molecular complexity index is 960. The molecule has 1 N–H and O–H groups in total. The monoisotopic (exact) mass is 425 g/mol. The third-order valence-electron chi connectivity index (χ3n) is 3.13. The van der Waals surface area contributed by atoms with Crippen molar-refractivity contribution in [2.24, 2.45) is 0 Å². The zero-order chi connectivity index (χ0) is 17.2. The molecule has 0 atom stereocenters. The van der Waals surface area contributed by atoms with Crippen LogP contribution in [0, 0.1) is 0 Å². The van der Waals surface area contributed by atoms with Crippen molar-refractivity contribution >= 4 is 43.0 Å². The molecule has 0 unspecified atom stereocenters. The van der Waals surface area contributed by atoms with Crippen molar-refractivity contribution in [1.82, 2.24) is 9.97 Å². The van der Waals surface area contributed by atoms with Crippen LogP contribution in [0.15, 0.2) is 56.9 Å². The maximum atomic E-state index is 12.7. The number of pyridine rings is 1. The first kappa shape index (κ1) is 16.9. The van der Waals surface area contributed by atoms with Crippen molar-refractivity contribution in [3.63, 3.8) is 0 Å². The van der Waals surface area contributed by atoms with Crippen LogP contribution in [-0.4, -0.2) is 25.5 Å². The van der Waals surface area contributed by atoms with Gasteiger partial charge in [-0.25, -0.2) is 13.4 Å². The van der Waals surface area contributed by atoms with Gasteiger partial charge in [0.25, 0.3) is 10.0 Å². The number of benzene rings is 1. The van der Waals surface area contributed by atoms with E-state index in [1.54, 1.807) is 29.9 Å². The van der Waals surface area contributed by atoms with E-state index in [0.29, 0.717) is 10.2 Å². The number of hydrogen-bond acceptors (Lipinski definition) is 6. The van der Waals surface area contributed by atoms with E-state index in [4.69, 9.17) is 4.74 Å². The van der Waals surface area contributed by atoms with Gasteiger partial charge in [-0.15, -0.1) is 11.3 Å². The Labute approximate surface area is 151 Å². The molecule has 2 aromatic heterocycles. The molecule has 24 heavy (non-hydrogen) atoms. The second-order valence-corrected chi connectivity index (χ2v) is 8.02. The van der Waals surface area contributed by atoms with Crippen molar-refractivity contribution < 1.29 is 13.2 Å². The first-order valence-corrected chi connectivity index (χ1v) is 9.91. The quantitative estimate of drug-likeness (QED) is 0.672. The fourth-order valence-electron chi connectivity index (χ4n) is 2.06. The Kier molecular flexibility index (Phi) is 4.83. The van der Waals surface area contributed by atoms with Crippen molar-refractivity contribution in [1.29, 1.82) is 0 Å². The summed E-state index contributed by atoms with van der Waals surface area (Å²) in [5.41, 5.74) is 3.53. The number of anilines is 1. The Morgan fingerprint density at radius 1 is 1.25 bits per heavy atom. The normalized spacial score (nSPS) is 11.2. The zero-order valence-corrected chi connectivity index (χ0v) is 15.7. The molecule has 0 radical (unpaired) electrons. The highest BCUT2D eigenvalue weighted by Gasteiger charge is 2.20. The number of halogens is 1. The number of nitrogens with one attached hydrogen (secondary N) is 1. The van der Waals surface area contributed by atoms with Gasteiger partial charge in [-0.3, -0.25) is 9.71 Å². The standard InChI is InChI=1S/C15H12BrN3O3S2/c1-22-14-3-2-11(16)5-15(14)24(20,21)19-12-4-10(6-17-7-12)13-8-23-9-18-13/h2-9,19H,1H3. The molecule has 6 nitrogen and oxygen atoms in total. The van der Waals surface area contributed by atoms with Crippen LogP contribution in [0.25, 0.3) is 11.3 Å². The van der Waals surface area contributed by atoms with E-state index in [1.165, 1.54) is 30.7 Å². The number of rotatable bonds is 5. The van der Waals surface area contributed by atoms with Gasteiger partial charge in [0.05, 0.1) is 30.2 Å². The summed E-state index contributed by atoms with van der Waals surface area (Å²) in [5, 5.41) is 1.87. The van der Waals surface area contributed by atoms with Crippen molar-refractivity contribution in [2.75, 3.05) is 11.8 Å². The summed E-state index contributed by atoms with van der Waals surface area (Å²) in [5.74, 6) is 0.259. The first-order valence-electron chi connectivity index (χ1n) is 6.69. The molecule has 0 aliphatic rings. The van der Waals surface area contributed by atoms with Gasteiger partial charge >= 0.3 is 0 Å². The van der Waals surface area contributed by atoms with E-state index in [9.17, 15) is 8.42 Å². The molecule has 3 aromatic rings. The molecule has 0 amide bonds. The highest BCUT2D eigenvalue weighted by molar-refractivity contribution is 9.10. The van der Waals surface area contributed by atoms with Crippen LogP contribution < -0.4 is 9.46 Å². The number of hydrogen-bond donors (Lipinski definition) is 1. The second kappa shape index (κ2) is 6.88. The highest BCUT2D eigenvalue weighted by Crippen LogP contribution is 2.29. The van der Waals surface area contributed by atoms with Gasteiger partial charge < -0.3 is 4.74 Å². The lowest BCUT2D eigenvalue weighted by Crippen LogP contribution is -2.14. The topological polar surface area (TPSA) is 81.2 Å². The fourth-order valence-corrected chi connectivity index (χ4v) is 4.37. The third-order valence-corrected chi connectivity index (χ3v) is 5.62. The molecule has 1 aromatic carbocycles. The van der Waals surface area contributed by atoms with E-state index >= 15 is 0 Å². The molecule has 124 valence electrons. The van der Waals surface area contributed by atoms with Gasteiger partial charge in [-0.1, -0.05) is 15.9 Å². The van der Waals surface area contributed by atoms with E-state index in [1.807, 2.05) is 5.38 Å². The van der Waals surface area contributed by atoms with Crippen LogP contribution >= 0.6 is 27.3 Å². The summed E-state index contributed by atoms with van der Waals surface area (Å²) in [6, 6.07) is 6.47. The summed E-state index contributed by atoms with van der Waals surface area (Å²) in [7, 11) is -2.40. The van der Waals surface area contributed by atoms with Gasteiger partial charge in [-0.2, -0.15) is 0 Å². The third kappa shape index (κ3) is 3.58. The van der Waals surface area contributed by atoms with Crippen LogP contribution in [0.1, 0.15) is 0 Å². The van der Waals surface area contributed by atoms with Gasteiger partial charge in [0.2, 0.25) is 0 Å². The number of methoxy groups -OCH3 is 1. The van der Waals surface area contributed by atoms with Gasteiger partial charge in [0, 0.05) is 21.6 Å². The lowest BCUT2D eigenvalue weighted by Gasteiger charge is -2.12. The molecule has 0 aliphatic carbocycles. The minimum absolute atomic E-state index is 0.0402. The summed E-state index contributed by atoms with van der Waals surface area (Å²) in [4.78, 5) is 8.31. The molecule has 0 bridgehead atoms. The van der Waals surface area contributed by atoms with E-state index in [-0.39, 0.29) is 10.6 Å². The van der Waals surface area contributed by atoms with E-state index in [0.717, 1.165) is 11.3 Å². The molecule has 0 spiro atoms. The molecule has 0 saturated carbocycles. The Morgan fingerprint density at radius 3 is 2.79 bits per heavy atom. The lowest BCUT2D eigenvalue weighted by molar-refractivity contribution is 0.403. The van der Waals surface area contributed by atoms with Crippen LogP contribution in [0.5, 0.6) is 5.75 Å². The minimum atomic E-state index is -3.83. The maximum Gasteiger partial charge on any atom is 0.265 e. The molecule has 3 rings (SSSR count). The number of aromatic nitrogens is 2. The van der Waals surface area contributed by atoms with Crippen LogP contribution in [0.4, 0.5) is 5.69 Å². The molecular formula is C15H12BrN3O3S2. The lowest BCUT2D eigenvalue weighted by atomic mass is 10.2. The van der Waals surface area contributed by atoms with E-state index < -0.39 is 10.0 Å². The molecule has 0 aliphatic heterocycles. The van der Waals surface area contributed by atoms with Crippen molar-refractivity contribution in [3.8, 4) is 17.0 Å². The highest BCUT2D eigenvalue weighted by atomic mass is 79.9. The van der Waals surface area contributed by atoms with Crippen LogP contribution in [0.2, 0.25) is 0 Å². The summed E-state index contributed by atoms with van der Waals surface area (Å²) in [6.45, 7) is 0. The second-order valence-electron chi connectivity index (χ2n) is 4.74. The summed E-state index contributed by atoms with van der Waals surface area (Å²) >= 11 is 4.73. The Hall–Kier alpha value is -1.97. The molecule has 0 saturated heterocycles. The average Bonchev–Trinajstić information content (AvgIpc) is 3.09. The number of sulfonamides is 1. The van der Waals surface area contributed by atoms with E-state index in [2.05, 4.69) is 30.6 Å². The Morgan fingerprint density at radius 2 is 2.08 bits per heavy atom. The van der Waals surface area contributed by atoms with Gasteiger partial charge in [-0.05, 0) is 24.3 Å². The summed E-state index contributed by atoms with van der Waals surface area (Å²) in [6.07, 6.45) is 3.07. The molecule has 9 heteroatoms. The fraction of sp³-hybridized carbons (Fsp3) is 0.0667. The Balaban J connectivity index is 1.96. The average molecular weight is 426 g/mol. The van der Waals surface area contributed by atoms with Gasteiger partial charge in [0.15, 0.2) is 0 Å². The largest absolute Gasteiger partial charge is 0.495 e. The van der Waals surface area contributed by atoms with Crippen molar-refractivity contribution in [3.05, 3.63) is 52.0 Å². The molecule has 0 fully saturated rings. The SMILES string of the molecule is COc1ccc(Br)cc1S(=O)(=O)Nc1cncc(-c2cscn2)c1. The molecule has 2 heterocycles. The summed E-state index contributed by atoms with van der Waals surface area (Å²) < 4.78 is 33.7. The maximum absolute atomic E-state index is 12.7. The van der Waals surface area contributed by atoms with Gasteiger partial charge in [0.1, 0.15) is 10.6 Å². The zero-order valence-electron chi connectivity index (χ0n) is 12.4. The number of thiazole rings is 1. The number of nitrogens with zero attached hydrogens (tertiary/aromatic N) is 2. The number of ether oxygens (including phenoxy) is 1. The predicted molar refractivity (Wildman–Crippen MR) is 96.8 cm³/mol. The predicted octanol–water partition coefficient (Wildman–Crippen LogP) is 3.78. The van der Waals surface area contributed by atoms with Crippen LogP contribution in [-0.2, 0) is 10.0 Å². The first-order chi connectivity index (χ1) is 11.5. The minimum Gasteiger partial charge on any atom is -0.495 e. The van der Waals surface area contributed by atoms with Crippen LogP contribution in [0.3, 0.4) is 0 Å². The molecular weight excluding hydrogens is 414 g/mol.